The van der Waals surface area contributed by atoms with Gasteiger partial charge in [-0.3, -0.25) is 0 Å². The molecule has 0 spiro atoms. The van der Waals surface area contributed by atoms with Crippen LogP contribution in [-0.2, 0) is 9.47 Å². The Balaban J connectivity index is 1.96. The summed E-state index contributed by atoms with van der Waals surface area (Å²) in [5, 5.41) is 13.0. The molecule has 0 radical (unpaired) electrons. The van der Waals surface area contributed by atoms with Crippen LogP contribution in [0.4, 0.5) is 0 Å². The van der Waals surface area contributed by atoms with Crippen molar-refractivity contribution in [2.75, 3.05) is 33.4 Å². The van der Waals surface area contributed by atoms with E-state index in [1.165, 1.54) is 6.42 Å². The Kier molecular flexibility index (Phi) is 5.86. The van der Waals surface area contributed by atoms with Crippen LogP contribution in [0.1, 0.15) is 27.2 Å². The van der Waals surface area contributed by atoms with E-state index in [1.807, 2.05) is 6.92 Å². The number of hydrogen-bond acceptors (Lipinski definition) is 4. The second-order valence-electron chi connectivity index (χ2n) is 5.80. The summed E-state index contributed by atoms with van der Waals surface area (Å²) in [4.78, 5) is 0. The van der Waals surface area contributed by atoms with Crippen molar-refractivity contribution in [1.82, 2.24) is 5.32 Å². The minimum absolute atomic E-state index is 0.0389. The summed E-state index contributed by atoms with van der Waals surface area (Å²) >= 11 is 0. The van der Waals surface area contributed by atoms with Gasteiger partial charge in [0.25, 0.3) is 0 Å². The van der Waals surface area contributed by atoms with Crippen LogP contribution in [-0.4, -0.2) is 50.7 Å². The first-order chi connectivity index (χ1) is 7.95. The molecule has 1 saturated carbocycles. The number of nitrogens with one attached hydrogen (secondary N) is 1. The topological polar surface area (TPSA) is 50.7 Å². The monoisotopic (exact) mass is 245 g/mol. The summed E-state index contributed by atoms with van der Waals surface area (Å²) in [6.07, 6.45) is 0.894. The quantitative estimate of drug-likeness (QED) is 0.637. The molecule has 0 aliphatic heterocycles. The molecule has 1 rings (SSSR count). The Hall–Kier alpha value is -0.160. The van der Waals surface area contributed by atoms with Crippen LogP contribution in [0, 0.1) is 11.3 Å². The third-order valence-electron chi connectivity index (χ3n) is 3.46. The van der Waals surface area contributed by atoms with Crippen molar-refractivity contribution < 1.29 is 14.6 Å². The Bertz CT molecular complexity index is 221. The van der Waals surface area contributed by atoms with Crippen molar-refractivity contribution in [3.8, 4) is 0 Å². The molecule has 3 unspecified atom stereocenters. The number of methoxy groups -OCH3 is 1. The molecule has 2 N–H and O–H groups in total. The third kappa shape index (κ3) is 5.82. The fourth-order valence-electron chi connectivity index (χ4n) is 1.97. The van der Waals surface area contributed by atoms with Crippen LogP contribution in [0.5, 0.6) is 0 Å². The Morgan fingerprint density at radius 1 is 1.41 bits per heavy atom. The van der Waals surface area contributed by atoms with Gasteiger partial charge in [-0.15, -0.1) is 0 Å². The van der Waals surface area contributed by atoms with Gasteiger partial charge in [0.1, 0.15) is 0 Å². The lowest BCUT2D eigenvalue weighted by Crippen LogP contribution is -2.33. The largest absolute Gasteiger partial charge is 0.389 e. The van der Waals surface area contributed by atoms with E-state index in [2.05, 4.69) is 19.2 Å². The van der Waals surface area contributed by atoms with Gasteiger partial charge in [0.2, 0.25) is 0 Å². The summed E-state index contributed by atoms with van der Waals surface area (Å²) < 4.78 is 10.4. The molecule has 1 aliphatic carbocycles. The molecule has 1 fully saturated rings. The maximum Gasteiger partial charge on any atom is 0.0897 e. The summed E-state index contributed by atoms with van der Waals surface area (Å²) in [7, 11) is 1.65. The van der Waals surface area contributed by atoms with Crippen LogP contribution >= 0.6 is 0 Å². The molecule has 0 aromatic heterocycles. The molecule has 0 bridgehead atoms. The normalized spacial score (nSPS) is 25.6. The standard InChI is InChI=1S/C13H27NO3/c1-10(8-16-4)17-9-12(15)7-14-6-11-5-13(11,2)3/h10-12,14-15H,5-9H2,1-4H3. The van der Waals surface area contributed by atoms with Crippen molar-refractivity contribution in [2.24, 2.45) is 11.3 Å². The zero-order valence-electron chi connectivity index (χ0n) is 11.5. The van der Waals surface area contributed by atoms with Gasteiger partial charge in [-0.25, -0.2) is 0 Å². The molecule has 0 saturated heterocycles. The summed E-state index contributed by atoms with van der Waals surface area (Å²) in [6.45, 7) is 9.04. The minimum atomic E-state index is -0.434. The van der Waals surface area contributed by atoms with Gasteiger partial charge < -0.3 is 19.9 Å². The number of hydrogen-bond donors (Lipinski definition) is 2. The van der Waals surface area contributed by atoms with Crippen LogP contribution in [0.3, 0.4) is 0 Å². The second kappa shape index (κ2) is 6.69. The predicted octanol–water partition coefficient (Wildman–Crippen LogP) is 1.03. The van der Waals surface area contributed by atoms with Crippen LogP contribution in [0.15, 0.2) is 0 Å². The van der Waals surface area contributed by atoms with Crippen molar-refractivity contribution >= 4 is 0 Å². The maximum absolute atomic E-state index is 9.70. The fraction of sp³-hybridized carbons (Fsp3) is 1.00. The lowest BCUT2D eigenvalue weighted by molar-refractivity contribution is -0.0311. The van der Waals surface area contributed by atoms with Gasteiger partial charge in [0, 0.05) is 13.7 Å². The fourth-order valence-corrected chi connectivity index (χ4v) is 1.97. The van der Waals surface area contributed by atoms with E-state index in [0.717, 1.165) is 12.5 Å². The minimum Gasteiger partial charge on any atom is -0.389 e. The SMILES string of the molecule is COCC(C)OCC(O)CNCC1CC1(C)C. The Morgan fingerprint density at radius 3 is 2.59 bits per heavy atom. The third-order valence-corrected chi connectivity index (χ3v) is 3.46. The molecular formula is C13H27NO3. The molecule has 4 heteroatoms. The smallest absolute Gasteiger partial charge is 0.0897 e. The average molecular weight is 245 g/mol. The van der Waals surface area contributed by atoms with E-state index >= 15 is 0 Å². The lowest BCUT2D eigenvalue weighted by Gasteiger charge is -2.16. The average Bonchev–Trinajstić information content (AvgIpc) is 2.84. The molecule has 17 heavy (non-hydrogen) atoms. The highest BCUT2D eigenvalue weighted by molar-refractivity contribution is 4.96. The summed E-state index contributed by atoms with van der Waals surface area (Å²) in [5.74, 6) is 0.767. The number of aliphatic hydroxyl groups is 1. The van der Waals surface area contributed by atoms with E-state index < -0.39 is 6.10 Å². The van der Waals surface area contributed by atoms with Crippen LogP contribution < -0.4 is 5.32 Å². The van der Waals surface area contributed by atoms with Gasteiger partial charge in [-0.05, 0) is 31.2 Å². The van der Waals surface area contributed by atoms with Crippen molar-refractivity contribution in [2.45, 2.75) is 39.4 Å². The molecule has 0 aromatic carbocycles. The lowest BCUT2D eigenvalue weighted by atomic mass is 10.1. The van der Waals surface area contributed by atoms with E-state index in [1.54, 1.807) is 7.11 Å². The van der Waals surface area contributed by atoms with Gasteiger partial charge in [-0.2, -0.15) is 0 Å². The molecule has 0 aromatic rings. The van der Waals surface area contributed by atoms with E-state index in [-0.39, 0.29) is 6.10 Å². The van der Waals surface area contributed by atoms with Crippen molar-refractivity contribution in [3.05, 3.63) is 0 Å². The predicted molar refractivity (Wildman–Crippen MR) is 68.1 cm³/mol. The first-order valence-electron chi connectivity index (χ1n) is 6.45. The summed E-state index contributed by atoms with van der Waals surface area (Å²) in [5.41, 5.74) is 0.501. The first kappa shape index (κ1) is 14.9. The van der Waals surface area contributed by atoms with Crippen LogP contribution in [0.25, 0.3) is 0 Å². The molecule has 0 heterocycles. The summed E-state index contributed by atoms with van der Waals surface area (Å²) in [6, 6.07) is 0. The number of rotatable bonds is 9. The van der Waals surface area contributed by atoms with E-state index in [9.17, 15) is 5.11 Å². The van der Waals surface area contributed by atoms with Gasteiger partial charge in [-0.1, -0.05) is 13.8 Å². The molecule has 0 amide bonds. The van der Waals surface area contributed by atoms with Crippen molar-refractivity contribution in [3.63, 3.8) is 0 Å². The van der Waals surface area contributed by atoms with E-state index in [0.29, 0.717) is 25.2 Å². The highest BCUT2D eigenvalue weighted by atomic mass is 16.5. The maximum atomic E-state index is 9.70. The van der Waals surface area contributed by atoms with Gasteiger partial charge in [0.05, 0.1) is 25.4 Å². The highest BCUT2D eigenvalue weighted by Gasteiger charge is 2.44. The highest BCUT2D eigenvalue weighted by Crippen LogP contribution is 2.50. The van der Waals surface area contributed by atoms with Crippen LogP contribution in [0.2, 0.25) is 0 Å². The zero-order valence-corrected chi connectivity index (χ0v) is 11.5. The first-order valence-corrected chi connectivity index (χ1v) is 6.45. The van der Waals surface area contributed by atoms with Gasteiger partial charge in [0.15, 0.2) is 0 Å². The van der Waals surface area contributed by atoms with Gasteiger partial charge >= 0.3 is 0 Å². The van der Waals surface area contributed by atoms with Crippen molar-refractivity contribution in [1.29, 1.82) is 0 Å². The molecule has 3 atom stereocenters. The zero-order chi connectivity index (χ0) is 12.9. The Labute approximate surface area is 105 Å². The number of ether oxygens (including phenoxy) is 2. The molecule has 102 valence electrons. The van der Waals surface area contributed by atoms with E-state index in [4.69, 9.17) is 9.47 Å². The number of aliphatic hydroxyl groups excluding tert-OH is 1. The molecular weight excluding hydrogens is 218 g/mol. The second-order valence-corrected chi connectivity index (χ2v) is 5.80. The molecule has 4 nitrogen and oxygen atoms in total. The molecule has 1 aliphatic rings. The Morgan fingerprint density at radius 2 is 2.06 bits per heavy atom.